The Morgan fingerprint density at radius 1 is 1.13 bits per heavy atom. The van der Waals surface area contributed by atoms with Crippen molar-refractivity contribution in [1.29, 1.82) is 0 Å². The lowest BCUT2D eigenvalue weighted by molar-refractivity contribution is -0.140. The summed E-state index contributed by atoms with van der Waals surface area (Å²) in [6.07, 6.45) is 6.50. The highest BCUT2D eigenvalue weighted by Gasteiger charge is 2.45. The van der Waals surface area contributed by atoms with Gasteiger partial charge in [-0.1, -0.05) is 25.7 Å². The van der Waals surface area contributed by atoms with Crippen LogP contribution in [0.15, 0.2) is 0 Å². The summed E-state index contributed by atoms with van der Waals surface area (Å²) < 4.78 is 0. The third-order valence-corrected chi connectivity index (χ3v) is 3.70. The lowest BCUT2D eigenvalue weighted by Gasteiger charge is -2.39. The highest BCUT2D eigenvalue weighted by molar-refractivity contribution is 5.99. The average molecular weight is 210 g/mol. The van der Waals surface area contributed by atoms with Crippen LogP contribution in [0.1, 0.15) is 38.5 Å². The van der Waals surface area contributed by atoms with E-state index in [4.69, 9.17) is 0 Å². The third kappa shape index (κ3) is 1.73. The minimum absolute atomic E-state index is 0.0214. The number of carbonyl (C=O) groups excluding carboxylic acids is 2. The molecule has 1 heterocycles. The molecule has 2 aliphatic rings. The predicted octanol–water partition coefficient (Wildman–Crippen LogP) is 1.51. The van der Waals surface area contributed by atoms with E-state index in [1.54, 1.807) is 7.05 Å². The van der Waals surface area contributed by atoms with Crippen LogP contribution in [-0.4, -0.2) is 30.4 Å². The van der Waals surface area contributed by atoms with Gasteiger partial charge in [0.05, 0.1) is 5.41 Å². The Hall–Kier alpha value is -1.06. The largest absolute Gasteiger partial charge is 0.337 e. The van der Waals surface area contributed by atoms with Crippen LogP contribution in [0, 0.1) is 5.41 Å². The van der Waals surface area contributed by atoms with E-state index >= 15 is 0 Å². The number of carbonyl (C=O) groups is 2. The molecule has 4 nitrogen and oxygen atoms in total. The molecule has 0 bridgehead atoms. The van der Waals surface area contributed by atoms with E-state index in [1.807, 2.05) is 0 Å². The molecule has 3 amide bonds. The van der Waals surface area contributed by atoms with Gasteiger partial charge in [0.1, 0.15) is 0 Å². The van der Waals surface area contributed by atoms with Gasteiger partial charge in [0.15, 0.2) is 0 Å². The standard InChI is InChI=1S/C11H18N2O2/c1-13-9(14)11(8-12-10(13)15)6-4-2-3-5-7-11/h2-8H2,1H3,(H,12,15). The lowest BCUT2D eigenvalue weighted by Crippen LogP contribution is -2.59. The Balaban J connectivity index is 2.19. The second-order valence-electron chi connectivity index (χ2n) is 4.72. The van der Waals surface area contributed by atoms with Crippen LogP contribution in [-0.2, 0) is 4.79 Å². The van der Waals surface area contributed by atoms with Gasteiger partial charge in [-0.3, -0.25) is 9.69 Å². The summed E-state index contributed by atoms with van der Waals surface area (Å²) in [5.41, 5.74) is -0.292. The summed E-state index contributed by atoms with van der Waals surface area (Å²) in [6.45, 7) is 0.537. The molecule has 0 aromatic carbocycles. The maximum absolute atomic E-state index is 12.1. The fraction of sp³-hybridized carbons (Fsp3) is 0.818. The van der Waals surface area contributed by atoms with E-state index in [0.717, 1.165) is 25.7 Å². The SMILES string of the molecule is CN1C(=O)NCC2(CCCCCC2)C1=O. The predicted molar refractivity (Wildman–Crippen MR) is 56.3 cm³/mol. The summed E-state index contributed by atoms with van der Waals surface area (Å²) in [6, 6.07) is -0.255. The van der Waals surface area contributed by atoms with E-state index in [0.29, 0.717) is 6.54 Å². The molecule has 1 saturated heterocycles. The molecule has 1 aliphatic carbocycles. The van der Waals surface area contributed by atoms with E-state index in [9.17, 15) is 9.59 Å². The summed E-state index contributed by atoms with van der Waals surface area (Å²) in [7, 11) is 1.57. The topological polar surface area (TPSA) is 49.4 Å². The van der Waals surface area contributed by atoms with Crippen molar-refractivity contribution in [3.63, 3.8) is 0 Å². The van der Waals surface area contributed by atoms with Crippen LogP contribution < -0.4 is 5.32 Å². The van der Waals surface area contributed by atoms with E-state index in [2.05, 4.69) is 5.32 Å². The van der Waals surface area contributed by atoms with Gasteiger partial charge in [-0.05, 0) is 12.8 Å². The number of amides is 3. The molecule has 0 aromatic heterocycles. The second kappa shape index (κ2) is 3.83. The van der Waals surface area contributed by atoms with Crippen LogP contribution in [0.2, 0.25) is 0 Å². The van der Waals surface area contributed by atoms with Gasteiger partial charge in [0.25, 0.3) is 0 Å². The van der Waals surface area contributed by atoms with Crippen molar-refractivity contribution in [1.82, 2.24) is 10.2 Å². The van der Waals surface area contributed by atoms with Gasteiger partial charge in [-0.15, -0.1) is 0 Å². The molecule has 2 fully saturated rings. The Kier molecular flexibility index (Phi) is 2.67. The molecule has 2 rings (SSSR count). The minimum Gasteiger partial charge on any atom is -0.337 e. The number of nitrogens with zero attached hydrogens (tertiary/aromatic N) is 1. The molecule has 1 aliphatic heterocycles. The smallest absolute Gasteiger partial charge is 0.323 e. The fourth-order valence-corrected chi connectivity index (χ4v) is 2.68. The molecule has 1 saturated carbocycles. The zero-order chi connectivity index (χ0) is 10.9. The first kappa shape index (κ1) is 10.5. The van der Waals surface area contributed by atoms with Gasteiger partial charge >= 0.3 is 6.03 Å². The van der Waals surface area contributed by atoms with Crippen molar-refractivity contribution in [3.05, 3.63) is 0 Å². The molecule has 0 atom stereocenters. The molecular formula is C11H18N2O2. The molecule has 84 valence electrons. The summed E-state index contributed by atoms with van der Waals surface area (Å²) in [4.78, 5) is 24.7. The van der Waals surface area contributed by atoms with Crippen molar-refractivity contribution in [3.8, 4) is 0 Å². The van der Waals surface area contributed by atoms with Crippen molar-refractivity contribution in [2.45, 2.75) is 38.5 Å². The van der Waals surface area contributed by atoms with Crippen LogP contribution in [0.25, 0.3) is 0 Å². The Labute approximate surface area is 90.0 Å². The van der Waals surface area contributed by atoms with Crippen molar-refractivity contribution in [2.24, 2.45) is 5.41 Å². The van der Waals surface area contributed by atoms with Crippen LogP contribution in [0.4, 0.5) is 4.79 Å². The molecule has 1 N–H and O–H groups in total. The third-order valence-electron chi connectivity index (χ3n) is 3.70. The summed E-state index contributed by atoms with van der Waals surface area (Å²) >= 11 is 0. The zero-order valence-corrected chi connectivity index (χ0v) is 9.21. The second-order valence-corrected chi connectivity index (χ2v) is 4.72. The van der Waals surface area contributed by atoms with Gasteiger partial charge in [0.2, 0.25) is 5.91 Å². The Morgan fingerprint density at radius 3 is 2.33 bits per heavy atom. The monoisotopic (exact) mass is 210 g/mol. The first-order valence-electron chi connectivity index (χ1n) is 5.72. The normalized spacial score (nSPS) is 26.3. The zero-order valence-electron chi connectivity index (χ0n) is 9.21. The molecule has 0 radical (unpaired) electrons. The van der Waals surface area contributed by atoms with Crippen LogP contribution >= 0.6 is 0 Å². The highest BCUT2D eigenvalue weighted by Crippen LogP contribution is 2.37. The van der Waals surface area contributed by atoms with Gasteiger partial charge in [-0.2, -0.15) is 0 Å². The van der Waals surface area contributed by atoms with E-state index in [1.165, 1.54) is 17.7 Å². The number of hydrogen-bond acceptors (Lipinski definition) is 2. The summed E-state index contributed by atoms with van der Waals surface area (Å²) in [5.74, 6) is 0.0214. The number of urea groups is 1. The van der Waals surface area contributed by atoms with Crippen LogP contribution in [0.3, 0.4) is 0 Å². The molecule has 0 unspecified atom stereocenters. The van der Waals surface area contributed by atoms with Gasteiger partial charge in [0, 0.05) is 13.6 Å². The van der Waals surface area contributed by atoms with E-state index < -0.39 is 0 Å². The fourth-order valence-electron chi connectivity index (χ4n) is 2.68. The average Bonchev–Trinajstić information content (AvgIpc) is 2.48. The quantitative estimate of drug-likeness (QED) is 0.659. The first-order valence-corrected chi connectivity index (χ1v) is 5.72. The number of imide groups is 1. The molecule has 4 heteroatoms. The molecular weight excluding hydrogens is 192 g/mol. The number of nitrogens with one attached hydrogen (secondary N) is 1. The highest BCUT2D eigenvalue weighted by atomic mass is 16.2. The summed E-state index contributed by atoms with van der Waals surface area (Å²) in [5, 5.41) is 2.82. The minimum atomic E-state index is -0.292. The lowest BCUT2D eigenvalue weighted by atomic mass is 9.78. The van der Waals surface area contributed by atoms with Crippen molar-refractivity contribution >= 4 is 11.9 Å². The Bertz CT molecular complexity index is 280. The van der Waals surface area contributed by atoms with Crippen LogP contribution in [0.5, 0.6) is 0 Å². The molecule has 1 spiro atoms. The van der Waals surface area contributed by atoms with Gasteiger partial charge < -0.3 is 5.32 Å². The molecule has 0 aromatic rings. The van der Waals surface area contributed by atoms with Crippen molar-refractivity contribution in [2.75, 3.05) is 13.6 Å². The Morgan fingerprint density at radius 2 is 1.73 bits per heavy atom. The molecule has 15 heavy (non-hydrogen) atoms. The van der Waals surface area contributed by atoms with Gasteiger partial charge in [-0.25, -0.2) is 4.79 Å². The van der Waals surface area contributed by atoms with Crippen molar-refractivity contribution < 1.29 is 9.59 Å². The number of hydrogen-bond donors (Lipinski definition) is 1. The first-order chi connectivity index (χ1) is 7.16. The maximum Gasteiger partial charge on any atom is 0.323 e. The van der Waals surface area contributed by atoms with E-state index in [-0.39, 0.29) is 17.4 Å². The maximum atomic E-state index is 12.1. The number of rotatable bonds is 0.